The lowest BCUT2D eigenvalue weighted by Gasteiger charge is -2.26. The molecule has 1 aliphatic heterocycles. The molecule has 0 radical (unpaired) electrons. The van der Waals surface area contributed by atoms with Crippen molar-refractivity contribution in [1.82, 2.24) is 4.31 Å². The van der Waals surface area contributed by atoms with Crippen molar-refractivity contribution in [3.05, 3.63) is 35.9 Å². The fourth-order valence-electron chi connectivity index (χ4n) is 3.44. The lowest BCUT2D eigenvalue weighted by atomic mass is 9.97. The zero-order chi connectivity index (χ0) is 17.9. The molecule has 6 heteroatoms. The molecule has 1 fully saturated rings. The van der Waals surface area contributed by atoms with Crippen LogP contribution in [0.5, 0.6) is 5.75 Å². The fraction of sp³-hybridized carbons (Fsp3) is 0.526. The number of aliphatic imine (C=N–C) groups is 1. The van der Waals surface area contributed by atoms with Gasteiger partial charge in [0.25, 0.3) is 0 Å². The predicted molar refractivity (Wildman–Crippen MR) is 102 cm³/mol. The lowest BCUT2D eigenvalue weighted by Crippen LogP contribution is -2.38. The molecule has 3 rings (SSSR count). The van der Waals surface area contributed by atoms with Crippen LogP contribution in [0.2, 0.25) is 0 Å². The van der Waals surface area contributed by atoms with E-state index >= 15 is 0 Å². The summed E-state index contributed by atoms with van der Waals surface area (Å²) in [4.78, 5) is 4.30. The van der Waals surface area contributed by atoms with Crippen LogP contribution in [0.15, 0.2) is 35.3 Å². The Morgan fingerprint density at radius 2 is 1.80 bits per heavy atom. The first-order valence-corrected chi connectivity index (χ1v) is 10.7. The summed E-state index contributed by atoms with van der Waals surface area (Å²) in [6.07, 6.45) is 9.61. The minimum absolute atomic E-state index is 0.321. The minimum Gasteiger partial charge on any atom is -0.490 e. The summed E-state index contributed by atoms with van der Waals surface area (Å²) in [7, 11) is -1.51. The van der Waals surface area contributed by atoms with Gasteiger partial charge in [0.2, 0.25) is 10.0 Å². The highest BCUT2D eigenvalue weighted by molar-refractivity contribution is 7.88. The standard InChI is InChI=1S/C19H26N2O3S/c1-20-19-14-21(25(2,22)23)13-12-18(19)15-8-10-17(11-9-15)24-16-6-4-3-5-7-16/h8-12,16H,3-7,13-14H2,1-2H3. The van der Waals surface area contributed by atoms with Crippen molar-refractivity contribution in [3.63, 3.8) is 0 Å². The Kier molecular flexibility index (Phi) is 5.59. The molecular formula is C19H26N2O3S. The van der Waals surface area contributed by atoms with Gasteiger partial charge in [-0.1, -0.05) is 24.6 Å². The second-order valence-corrected chi connectivity index (χ2v) is 8.73. The Morgan fingerprint density at radius 1 is 1.12 bits per heavy atom. The molecule has 1 aromatic carbocycles. The van der Waals surface area contributed by atoms with E-state index in [0.717, 1.165) is 35.4 Å². The van der Waals surface area contributed by atoms with E-state index in [1.54, 1.807) is 7.05 Å². The molecule has 2 aliphatic rings. The molecule has 136 valence electrons. The molecule has 0 unspecified atom stereocenters. The van der Waals surface area contributed by atoms with Crippen molar-refractivity contribution < 1.29 is 13.2 Å². The van der Waals surface area contributed by atoms with Gasteiger partial charge in [-0.2, -0.15) is 4.31 Å². The summed E-state index contributed by atoms with van der Waals surface area (Å²) >= 11 is 0. The molecule has 0 spiro atoms. The predicted octanol–water partition coefficient (Wildman–Crippen LogP) is 3.13. The van der Waals surface area contributed by atoms with Crippen molar-refractivity contribution in [2.75, 3.05) is 26.4 Å². The monoisotopic (exact) mass is 362 g/mol. The first-order valence-electron chi connectivity index (χ1n) is 8.86. The van der Waals surface area contributed by atoms with Crippen LogP contribution in [0, 0.1) is 0 Å². The summed E-state index contributed by atoms with van der Waals surface area (Å²) in [5, 5.41) is 0. The molecule has 1 aromatic rings. The number of ether oxygens (including phenoxy) is 1. The second kappa shape index (κ2) is 7.70. The van der Waals surface area contributed by atoms with Crippen LogP contribution in [-0.2, 0) is 10.0 Å². The maximum Gasteiger partial charge on any atom is 0.211 e. The van der Waals surface area contributed by atoms with Gasteiger partial charge in [0.05, 0.1) is 24.6 Å². The topological polar surface area (TPSA) is 59.0 Å². The quantitative estimate of drug-likeness (QED) is 0.827. The van der Waals surface area contributed by atoms with Crippen molar-refractivity contribution in [3.8, 4) is 5.75 Å². The highest BCUT2D eigenvalue weighted by atomic mass is 32.2. The van der Waals surface area contributed by atoms with Gasteiger partial charge in [0.1, 0.15) is 5.75 Å². The van der Waals surface area contributed by atoms with E-state index in [1.807, 2.05) is 30.3 Å². The van der Waals surface area contributed by atoms with E-state index in [0.29, 0.717) is 19.2 Å². The Labute approximate surface area is 150 Å². The molecule has 25 heavy (non-hydrogen) atoms. The normalized spacial score (nSPS) is 22.0. The van der Waals surface area contributed by atoms with Gasteiger partial charge < -0.3 is 4.74 Å². The smallest absolute Gasteiger partial charge is 0.211 e. The number of rotatable bonds is 4. The summed E-state index contributed by atoms with van der Waals surface area (Å²) in [5.74, 6) is 0.903. The van der Waals surface area contributed by atoms with Gasteiger partial charge in [-0.25, -0.2) is 8.42 Å². The fourth-order valence-corrected chi connectivity index (χ4v) is 4.15. The van der Waals surface area contributed by atoms with Crippen molar-refractivity contribution in [1.29, 1.82) is 0 Å². The van der Waals surface area contributed by atoms with Crippen molar-refractivity contribution in [2.24, 2.45) is 4.99 Å². The molecule has 0 bridgehead atoms. The van der Waals surface area contributed by atoms with Gasteiger partial charge in [-0.05, 0) is 43.4 Å². The van der Waals surface area contributed by atoms with E-state index < -0.39 is 10.0 Å². The van der Waals surface area contributed by atoms with Crippen LogP contribution < -0.4 is 4.74 Å². The average molecular weight is 362 g/mol. The van der Waals surface area contributed by atoms with E-state index in [1.165, 1.54) is 29.8 Å². The second-order valence-electron chi connectivity index (χ2n) is 6.75. The summed E-state index contributed by atoms with van der Waals surface area (Å²) in [6, 6.07) is 8.07. The van der Waals surface area contributed by atoms with Crippen LogP contribution in [0.1, 0.15) is 37.7 Å². The average Bonchev–Trinajstić information content (AvgIpc) is 2.62. The molecular weight excluding hydrogens is 336 g/mol. The molecule has 0 aromatic heterocycles. The highest BCUT2D eigenvalue weighted by Crippen LogP contribution is 2.27. The number of hydrogen-bond acceptors (Lipinski definition) is 4. The Hall–Kier alpha value is -1.66. The number of hydrogen-bond donors (Lipinski definition) is 0. The SMILES string of the molecule is CN=C1CN(S(C)(=O)=O)CC=C1c1ccc(OC2CCCCC2)cc1. The molecule has 0 saturated heterocycles. The highest BCUT2D eigenvalue weighted by Gasteiger charge is 2.24. The maximum absolute atomic E-state index is 11.7. The molecule has 0 atom stereocenters. The number of nitrogens with zero attached hydrogens (tertiary/aromatic N) is 2. The summed E-state index contributed by atoms with van der Waals surface area (Å²) in [6.45, 7) is 0.703. The zero-order valence-corrected chi connectivity index (χ0v) is 15.8. The number of benzene rings is 1. The van der Waals surface area contributed by atoms with Gasteiger partial charge in [0, 0.05) is 19.2 Å². The van der Waals surface area contributed by atoms with E-state index in [-0.39, 0.29) is 0 Å². The lowest BCUT2D eigenvalue weighted by molar-refractivity contribution is 0.155. The summed E-state index contributed by atoms with van der Waals surface area (Å²) < 4.78 is 31.0. The third-order valence-corrected chi connectivity index (χ3v) is 6.11. The largest absolute Gasteiger partial charge is 0.490 e. The molecule has 0 amide bonds. The first kappa shape index (κ1) is 18.1. The first-order chi connectivity index (χ1) is 12.0. The molecule has 0 N–H and O–H groups in total. The van der Waals surface area contributed by atoms with Gasteiger partial charge in [-0.3, -0.25) is 4.99 Å². The summed E-state index contributed by atoms with van der Waals surface area (Å²) in [5.41, 5.74) is 2.84. The molecule has 1 aliphatic carbocycles. The molecule has 1 saturated carbocycles. The van der Waals surface area contributed by atoms with Gasteiger partial charge in [0.15, 0.2) is 0 Å². The van der Waals surface area contributed by atoms with Gasteiger partial charge in [-0.15, -0.1) is 0 Å². The number of sulfonamides is 1. The van der Waals surface area contributed by atoms with Crippen LogP contribution in [0.4, 0.5) is 0 Å². The van der Waals surface area contributed by atoms with E-state index in [9.17, 15) is 8.42 Å². The van der Waals surface area contributed by atoms with Crippen molar-refractivity contribution in [2.45, 2.75) is 38.2 Å². The van der Waals surface area contributed by atoms with Crippen molar-refractivity contribution >= 4 is 21.3 Å². The van der Waals surface area contributed by atoms with E-state index in [2.05, 4.69) is 4.99 Å². The van der Waals surface area contributed by atoms with Crippen LogP contribution in [-0.4, -0.2) is 50.9 Å². The molecule has 5 nitrogen and oxygen atoms in total. The van der Waals surface area contributed by atoms with Crippen LogP contribution in [0.3, 0.4) is 0 Å². The minimum atomic E-state index is -3.21. The van der Waals surface area contributed by atoms with Gasteiger partial charge >= 0.3 is 0 Å². The molecule has 1 heterocycles. The van der Waals surface area contributed by atoms with E-state index in [4.69, 9.17) is 4.74 Å². The Morgan fingerprint density at radius 3 is 2.40 bits per heavy atom. The third-order valence-electron chi connectivity index (χ3n) is 4.90. The van der Waals surface area contributed by atoms with Crippen LogP contribution in [0.25, 0.3) is 5.57 Å². The maximum atomic E-state index is 11.7. The third kappa shape index (κ3) is 4.50. The van der Waals surface area contributed by atoms with Crippen LogP contribution >= 0.6 is 0 Å². The Bertz CT molecular complexity index is 760. The Balaban J connectivity index is 1.74. The zero-order valence-electron chi connectivity index (χ0n) is 14.9.